The van der Waals surface area contributed by atoms with Crippen LogP contribution < -0.4 is 5.32 Å². The van der Waals surface area contributed by atoms with Gasteiger partial charge in [-0.15, -0.1) is 0 Å². The molecule has 1 amide bonds. The van der Waals surface area contributed by atoms with Crippen LogP contribution in [0.25, 0.3) is 0 Å². The summed E-state index contributed by atoms with van der Waals surface area (Å²) in [7, 11) is 0. The second kappa shape index (κ2) is 52.0. The summed E-state index contributed by atoms with van der Waals surface area (Å²) in [5.74, 6) is -0.0606. The van der Waals surface area contributed by atoms with Crippen molar-refractivity contribution in [2.24, 2.45) is 0 Å². The van der Waals surface area contributed by atoms with Gasteiger partial charge in [0.25, 0.3) is 0 Å². The Labute approximate surface area is 386 Å². The van der Waals surface area contributed by atoms with Gasteiger partial charge >= 0.3 is 5.97 Å². The highest BCUT2D eigenvalue weighted by atomic mass is 16.5. The van der Waals surface area contributed by atoms with Crippen LogP contribution in [0.2, 0.25) is 0 Å². The van der Waals surface area contributed by atoms with E-state index < -0.39 is 12.1 Å². The number of rotatable bonds is 51. The quantitative estimate of drug-likeness (QED) is 0.0321. The fourth-order valence-corrected chi connectivity index (χ4v) is 8.49. The molecule has 0 aromatic rings. The average molecular weight is 874 g/mol. The fourth-order valence-electron chi connectivity index (χ4n) is 8.49. The zero-order valence-electron chi connectivity index (χ0n) is 41.6. The molecule has 0 fully saturated rings. The number of carbonyl (C=O) groups excluding carboxylic acids is 2. The molecule has 0 heterocycles. The molecule has 0 saturated heterocycles. The van der Waals surface area contributed by atoms with E-state index in [-0.39, 0.29) is 18.5 Å². The largest absolute Gasteiger partial charge is 0.466 e. The van der Waals surface area contributed by atoms with Gasteiger partial charge in [0.05, 0.1) is 25.4 Å². The first-order valence-electron chi connectivity index (χ1n) is 27.6. The molecule has 0 bridgehead atoms. The van der Waals surface area contributed by atoms with Crippen molar-refractivity contribution in [3.8, 4) is 0 Å². The molecule has 0 aromatic heterocycles. The topological polar surface area (TPSA) is 95.9 Å². The third-order valence-corrected chi connectivity index (χ3v) is 12.8. The van der Waals surface area contributed by atoms with E-state index in [1.54, 1.807) is 0 Å². The van der Waals surface area contributed by atoms with Crippen LogP contribution in [0.3, 0.4) is 0 Å². The Balaban J connectivity index is 3.45. The van der Waals surface area contributed by atoms with Crippen molar-refractivity contribution in [1.82, 2.24) is 5.32 Å². The molecule has 0 aliphatic carbocycles. The number of nitrogens with one attached hydrogen (secondary N) is 1. The number of esters is 1. The maximum Gasteiger partial charge on any atom is 0.305 e. The molecule has 6 heteroatoms. The molecule has 62 heavy (non-hydrogen) atoms. The van der Waals surface area contributed by atoms with Gasteiger partial charge in [-0.25, -0.2) is 0 Å². The standard InChI is InChI=1S/C56H107NO5/c1-3-5-7-9-11-13-15-17-19-21-24-28-32-36-40-44-48-54(59)53(52-58)57-55(60)49-45-41-37-33-29-25-22-23-27-31-35-39-43-47-51-62-56(61)50-46-42-38-34-30-26-20-18-16-14-12-10-8-6-4-2/h12,14,18,20,53-54,58-59H,3-11,13,15-17,19,21-52H2,1-2H3,(H,57,60)/b14-12-,20-18-. The van der Waals surface area contributed by atoms with Crippen molar-refractivity contribution in [2.75, 3.05) is 13.2 Å². The smallest absolute Gasteiger partial charge is 0.305 e. The molecule has 2 unspecified atom stereocenters. The Morgan fingerprint density at radius 3 is 1.26 bits per heavy atom. The summed E-state index contributed by atoms with van der Waals surface area (Å²) < 4.78 is 5.46. The van der Waals surface area contributed by atoms with E-state index >= 15 is 0 Å². The maximum absolute atomic E-state index is 12.5. The van der Waals surface area contributed by atoms with Crippen molar-refractivity contribution in [3.63, 3.8) is 0 Å². The molecule has 0 aromatic carbocycles. The monoisotopic (exact) mass is 874 g/mol. The fraction of sp³-hybridized carbons (Fsp3) is 0.893. The number of ether oxygens (including phenoxy) is 1. The molecule has 0 saturated carbocycles. The van der Waals surface area contributed by atoms with E-state index in [0.29, 0.717) is 25.9 Å². The predicted molar refractivity (Wildman–Crippen MR) is 269 cm³/mol. The molecule has 0 aliphatic rings. The first-order chi connectivity index (χ1) is 30.5. The summed E-state index contributed by atoms with van der Waals surface area (Å²) in [5.41, 5.74) is 0. The van der Waals surface area contributed by atoms with Crippen LogP contribution in [-0.2, 0) is 14.3 Å². The number of allylic oxidation sites excluding steroid dienone is 4. The molecule has 3 N–H and O–H groups in total. The Hall–Kier alpha value is -1.66. The van der Waals surface area contributed by atoms with Gasteiger partial charge in [0.2, 0.25) is 5.91 Å². The number of unbranched alkanes of at least 4 members (excludes halogenated alkanes) is 36. The van der Waals surface area contributed by atoms with Crippen LogP contribution in [0, 0.1) is 0 Å². The second-order valence-corrected chi connectivity index (χ2v) is 18.9. The number of hydrogen-bond donors (Lipinski definition) is 3. The van der Waals surface area contributed by atoms with Crippen molar-refractivity contribution in [3.05, 3.63) is 24.3 Å². The third-order valence-electron chi connectivity index (χ3n) is 12.8. The average Bonchev–Trinajstić information content (AvgIpc) is 3.27. The molecule has 6 nitrogen and oxygen atoms in total. The van der Waals surface area contributed by atoms with E-state index in [1.165, 1.54) is 205 Å². The lowest BCUT2D eigenvalue weighted by Gasteiger charge is -2.22. The lowest BCUT2D eigenvalue weighted by Crippen LogP contribution is -2.45. The summed E-state index contributed by atoms with van der Waals surface area (Å²) in [6.07, 6.45) is 61.5. The number of carbonyl (C=O) groups is 2. The van der Waals surface area contributed by atoms with E-state index in [4.69, 9.17) is 4.74 Å². The highest BCUT2D eigenvalue weighted by molar-refractivity contribution is 5.76. The molecule has 366 valence electrons. The van der Waals surface area contributed by atoms with Gasteiger partial charge < -0.3 is 20.3 Å². The summed E-state index contributed by atoms with van der Waals surface area (Å²) in [5, 5.41) is 23.3. The van der Waals surface area contributed by atoms with E-state index in [0.717, 1.165) is 57.8 Å². The van der Waals surface area contributed by atoms with Gasteiger partial charge in [-0.2, -0.15) is 0 Å². The summed E-state index contributed by atoms with van der Waals surface area (Å²) >= 11 is 0. The first-order valence-corrected chi connectivity index (χ1v) is 27.6. The SMILES string of the molecule is CCCCC/C=C\C/C=C\CCCCCCCC(=O)OCCCCCCCCCCCCCCCCC(=O)NC(CO)C(O)CCCCCCCCCCCCCCCCCC. The summed E-state index contributed by atoms with van der Waals surface area (Å²) in [6, 6.07) is -0.550. The normalized spacial score (nSPS) is 12.8. The minimum atomic E-state index is -0.672. The van der Waals surface area contributed by atoms with Crippen molar-refractivity contribution >= 4 is 11.9 Å². The predicted octanol–water partition coefficient (Wildman–Crippen LogP) is 16.7. The number of aliphatic hydroxyl groups is 2. The number of amides is 1. The minimum Gasteiger partial charge on any atom is -0.466 e. The van der Waals surface area contributed by atoms with Crippen LogP contribution in [0.1, 0.15) is 296 Å². The van der Waals surface area contributed by atoms with Gasteiger partial charge in [0.15, 0.2) is 0 Å². The lowest BCUT2D eigenvalue weighted by atomic mass is 10.0. The Kier molecular flexibility index (Phi) is 50.6. The molecule has 2 atom stereocenters. The van der Waals surface area contributed by atoms with Gasteiger partial charge in [-0.3, -0.25) is 9.59 Å². The third kappa shape index (κ3) is 47.8. The van der Waals surface area contributed by atoms with Gasteiger partial charge in [-0.05, 0) is 57.8 Å². The Morgan fingerprint density at radius 2 is 0.806 bits per heavy atom. The highest BCUT2D eigenvalue weighted by Gasteiger charge is 2.20. The van der Waals surface area contributed by atoms with Crippen molar-refractivity contribution < 1.29 is 24.5 Å². The molecular formula is C56H107NO5. The van der Waals surface area contributed by atoms with E-state index in [2.05, 4.69) is 43.5 Å². The maximum atomic E-state index is 12.5. The van der Waals surface area contributed by atoms with Gasteiger partial charge in [0, 0.05) is 12.8 Å². The molecule has 0 radical (unpaired) electrons. The zero-order valence-corrected chi connectivity index (χ0v) is 41.6. The highest BCUT2D eigenvalue weighted by Crippen LogP contribution is 2.17. The zero-order chi connectivity index (χ0) is 45.1. The second-order valence-electron chi connectivity index (χ2n) is 18.9. The number of hydrogen-bond acceptors (Lipinski definition) is 5. The molecular weight excluding hydrogens is 767 g/mol. The molecule has 0 rings (SSSR count). The lowest BCUT2D eigenvalue weighted by molar-refractivity contribution is -0.143. The van der Waals surface area contributed by atoms with Gasteiger partial charge in [-0.1, -0.05) is 250 Å². The Bertz CT molecular complexity index is 966. The van der Waals surface area contributed by atoms with Crippen molar-refractivity contribution in [2.45, 2.75) is 309 Å². The van der Waals surface area contributed by atoms with E-state index in [9.17, 15) is 19.8 Å². The summed E-state index contributed by atoms with van der Waals surface area (Å²) in [6.45, 7) is 4.91. The Morgan fingerprint density at radius 1 is 0.452 bits per heavy atom. The van der Waals surface area contributed by atoms with E-state index in [1.807, 2.05) is 0 Å². The first kappa shape index (κ1) is 60.3. The van der Waals surface area contributed by atoms with Crippen LogP contribution in [-0.4, -0.2) is 47.4 Å². The molecule has 0 spiro atoms. The van der Waals surface area contributed by atoms with Crippen LogP contribution in [0.5, 0.6) is 0 Å². The van der Waals surface area contributed by atoms with Crippen molar-refractivity contribution in [1.29, 1.82) is 0 Å². The summed E-state index contributed by atoms with van der Waals surface area (Å²) in [4.78, 5) is 24.5. The van der Waals surface area contributed by atoms with Crippen LogP contribution >= 0.6 is 0 Å². The number of aliphatic hydroxyl groups excluding tert-OH is 2. The van der Waals surface area contributed by atoms with Crippen LogP contribution in [0.4, 0.5) is 0 Å². The van der Waals surface area contributed by atoms with Crippen LogP contribution in [0.15, 0.2) is 24.3 Å². The minimum absolute atomic E-state index is 0.0159. The van der Waals surface area contributed by atoms with Gasteiger partial charge in [0.1, 0.15) is 0 Å². The molecule has 0 aliphatic heterocycles.